The molecule has 0 fully saturated rings. The highest BCUT2D eigenvalue weighted by atomic mass is 35.5. The van der Waals surface area contributed by atoms with Crippen LogP contribution in [0.2, 0.25) is 5.02 Å². The van der Waals surface area contributed by atoms with E-state index in [0.29, 0.717) is 15.5 Å². The molecule has 2 aromatic carbocycles. The molecule has 0 N–H and O–H groups in total. The van der Waals surface area contributed by atoms with Crippen LogP contribution >= 0.6 is 22.9 Å². The second-order valence-electron chi connectivity index (χ2n) is 6.68. The summed E-state index contributed by atoms with van der Waals surface area (Å²) < 4.78 is 1.73. The molecule has 5 nitrogen and oxygen atoms in total. The number of carbonyl (C=O) groups is 1. The van der Waals surface area contributed by atoms with E-state index in [4.69, 9.17) is 16.7 Å². The molecule has 1 aliphatic rings. The van der Waals surface area contributed by atoms with E-state index in [1.165, 1.54) is 11.3 Å². The number of thiazole rings is 1. The van der Waals surface area contributed by atoms with Crippen molar-refractivity contribution in [2.45, 2.75) is 19.9 Å². The van der Waals surface area contributed by atoms with Gasteiger partial charge in [0.25, 0.3) is 5.91 Å². The lowest BCUT2D eigenvalue weighted by Gasteiger charge is -2.20. The molecule has 142 valence electrons. The van der Waals surface area contributed by atoms with Gasteiger partial charge < -0.3 is 4.90 Å². The van der Waals surface area contributed by atoms with Gasteiger partial charge in [-0.25, -0.2) is 4.68 Å². The van der Waals surface area contributed by atoms with Gasteiger partial charge in [-0.15, -0.1) is 11.3 Å². The number of amides is 1. The summed E-state index contributed by atoms with van der Waals surface area (Å²) in [7, 11) is 1.72. The minimum absolute atomic E-state index is 0.0385. The maximum atomic E-state index is 13.2. The van der Waals surface area contributed by atoms with Gasteiger partial charge in [-0.1, -0.05) is 41.9 Å². The molecule has 1 aromatic heterocycles. The molecule has 7 heteroatoms. The summed E-state index contributed by atoms with van der Waals surface area (Å²) in [5.74, 6) is -0.103. The fourth-order valence-corrected chi connectivity index (χ4v) is 4.31. The SMILES string of the molecule is CN=c1scc(-c2cccc(Cl)c2)n1N=C1C(=O)N(C(C)C)c2ccccc21. The average molecular weight is 411 g/mol. The van der Waals surface area contributed by atoms with Crippen molar-refractivity contribution in [3.8, 4) is 11.3 Å². The number of aromatic nitrogens is 1. The van der Waals surface area contributed by atoms with Crippen molar-refractivity contribution in [1.29, 1.82) is 0 Å². The van der Waals surface area contributed by atoms with Crippen molar-refractivity contribution in [2.75, 3.05) is 11.9 Å². The molecule has 0 saturated carbocycles. The second kappa shape index (κ2) is 7.37. The average Bonchev–Trinajstić information content (AvgIpc) is 3.21. The van der Waals surface area contributed by atoms with Crippen LogP contribution in [0, 0.1) is 0 Å². The predicted molar refractivity (Wildman–Crippen MR) is 115 cm³/mol. The first-order valence-corrected chi connectivity index (χ1v) is 10.2. The van der Waals surface area contributed by atoms with Crippen LogP contribution in [0.3, 0.4) is 0 Å². The Morgan fingerprint density at radius 3 is 2.61 bits per heavy atom. The zero-order valence-electron chi connectivity index (χ0n) is 15.8. The number of rotatable bonds is 3. The third kappa shape index (κ3) is 3.08. The Hall–Kier alpha value is -2.70. The van der Waals surface area contributed by atoms with Gasteiger partial charge in [0.1, 0.15) is 0 Å². The number of carbonyl (C=O) groups excluding carboxylic acids is 1. The van der Waals surface area contributed by atoms with Gasteiger partial charge in [0.05, 0.1) is 11.4 Å². The Labute approximate surface area is 172 Å². The fourth-order valence-electron chi connectivity index (χ4n) is 3.33. The van der Waals surface area contributed by atoms with Crippen LogP contribution in [-0.2, 0) is 4.79 Å². The van der Waals surface area contributed by atoms with E-state index in [9.17, 15) is 4.79 Å². The standard InChI is InChI=1S/C21H19ClN4OS/c1-13(2)25-17-10-5-4-9-16(17)19(20(25)27)24-26-18(12-28-21(26)23-3)14-7-6-8-15(22)11-14/h4-13H,1-3H3. The summed E-state index contributed by atoms with van der Waals surface area (Å²) >= 11 is 7.65. The highest BCUT2D eigenvalue weighted by Gasteiger charge is 2.35. The van der Waals surface area contributed by atoms with Crippen LogP contribution in [0.1, 0.15) is 19.4 Å². The molecule has 3 aromatic rings. The Balaban J connectivity index is 1.93. The number of nitrogens with zero attached hydrogens (tertiary/aromatic N) is 4. The van der Waals surface area contributed by atoms with Crippen LogP contribution < -0.4 is 9.70 Å². The van der Waals surface area contributed by atoms with Crippen molar-refractivity contribution in [2.24, 2.45) is 10.1 Å². The lowest BCUT2D eigenvalue weighted by molar-refractivity contribution is -0.112. The van der Waals surface area contributed by atoms with Crippen LogP contribution in [0.25, 0.3) is 11.3 Å². The van der Waals surface area contributed by atoms with Crippen LogP contribution in [0.5, 0.6) is 0 Å². The number of fused-ring (bicyclic) bond motifs is 1. The van der Waals surface area contributed by atoms with Gasteiger partial charge in [-0.3, -0.25) is 9.79 Å². The van der Waals surface area contributed by atoms with Crippen LogP contribution in [0.4, 0.5) is 5.69 Å². The maximum Gasteiger partial charge on any atom is 0.279 e. The first-order chi connectivity index (χ1) is 13.5. The normalized spacial score (nSPS) is 15.8. The zero-order valence-corrected chi connectivity index (χ0v) is 17.3. The highest BCUT2D eigenvalue weighted by molar-refractivity contribution is 7.07. The van der Waals surface area contributed by atoms with E-state index >= 15 is 0 Å². The number of hydrogen-bond donors (Lipinski definition) is 0. The van der Waals surface area contributed by atoms with Crippen molar-refractivity contribution < 1.29 is 4.79 Å². The number of halogens is 1. The quantitative estimate of drug-likeness (QED) is 0.631. The summed E-state index contributed by atoms with van der Waals surface area (Å²) in [6, 6.07) is 15.4. The van der Waals surface area contributed by atoms with E-state index in [-0.39, 0.29) is 11.9 Å². The zero-order chi connectivity index (χ0) is 19.8. The van der Waals surface area contributed by atoms with Crippen molar-refractivity contribution in [3.63, 3.8) is 0 Å². The highest BCUT2D eigenvalue weighted by Crippen LogP contribution is 2.31. The van der Waals surface area contributed by atoms with E-state index in [1.54, 1.807) is 16.6 Å². The molecule has 1 amide bonds. The molecule has 1 aliphatic heterocycles. The molecular weight excluding hydrogens is 392 g/mol. The van der Waals surface area contributed by atoms with Gasteiger partial charge in [0.15, 0.2) is 5.71 Å². The largest absolute Gasteiger partial charge is 0.304 e. The Kier molecular flexibility index (Phi) is 4.91. The molecular formula is C21H19ClN4OS. The van der Waals surface area contributed by atoms with Gasteiger partial charge in [-0.2, -0.15) is 5.10 Å². The predicted octanol–water partition coefficient (Wildman–Crippen LogP) is 4.41. The molecule has 0 atom stereocenters. The van der Waals surface area contributed by atoms with Crippen LogP contribution in [0.15, 0.2) is 64.0 Å². The third-order valence-electron chi connectivity index (χ3n) is 4.55. The second-order valence-corrected chi connectivity index (χ2v) is 7.96. The first kappa shape index (κ1) is 18.7. The van der Waals surface area contributed by atoms with Gasteiger partial charge in [0, 0.05) is 34.6 Å². The number of anilines is 1. The van der Waals surface area contributed by atoms with Crippen molar-refractivity contribution in [1.82, 2.24) is 4.68 Å². The Bertz CT molecular complexity index is 1160. The molecule has 0 radical (unpaired) electrons. The lowest BCUT2D eigenvalue weighted by atomic mass is 10.1. The van der Waals surface area contributed by atoms with Gasteiger partial charge in [-0.05, 0) is 32.0 Å². The van der Waals surface area contributed by atoms with E-state index in [1.807, 2.05) is 67.8 Å². The van der Waals surface area contributed by atoms with E-state index < -0.39 is 0 Å². The summed E-state index contributed by atoms with van der Waals surface area (Å²) in [4.78, 5) is 20.0. The van der Waals surface area contributed by atoms with Crippen LogP contribution in [-0.4, -0.2) is 29.4 Å². The van der Waals surface area contributed by atoms with Crippen molar-refractivity contribution in [3.05, 3.63) is 69.3 Å². The maximum absolute atomic E-state index is 13.2. The minimum Gasteiger partial charge on any atom is -0.304 e. The first-order valence-electron chi connectivity index (χ1n) is 8.92. The summed E-state index contributed by atoms with van der Waals surface area (Å²) in [5, 5.41) is 7.39. The fraction of sp³-hybridized carbons (Fsp3) is 0.190. The summed E-state index contributed by atoms with van der Waals surface area (Å²) in [5.41, 5.74) is 3.90. The Morgan fingerprint density at radius 1 is 1.11 bits per heavy atom. The molecule has 2 heterocycles. The number of benzene rings is 2. The lowest BCUT2D eigenvalue weighted by Crippen LogP contribution is -2.36. The Morgan fingerprint density at radius 2 is 1.89 bits per heavy atom. The molecule has 0 spiro atoms. The monoisotopic (exact) mass is 410 g/mol. The topological polar surface area (TPSA) is 50.0 Å². The molecule has 0 unspecified atom stereocenters. The van der Waals surface area contributed by atoms with Crippen molar-refractivity contribution >= 4 is 40.2 Å². The van der Waals surface area contributed by atoms with E-state index in [0.717, 1.165) is 22.5 Å². The summed E-state index contributed by atoms with van der Waals surface area (Å²) in [6.45, 7) is 4.00. The van der Waals surface area contributed by atoms with E-state index in [2.05, 4.69) is 4.99 Å². The number of para-hydroxylation sites is 1. The molecule has 28 heavy (non-hydrogen) atoms. The minimum atomic E-state index is -0.103. The summed E-state index contributed by atoms with van der Waals surface area (Å²) in [6.07, 6.45) is 0. The van der Waals surface area contributed by atoms with Gasteiger partial charge >= 0.3 is 0 Å². The third-order valence-corrected chi connectivity index (χ3v) is 5.70. The molecule has 0 bridgehead atoms. The molecule has 0 saturated heterocycles. The molecule has 4 rings (SSSR count). The molecule has 0 aliphatic carbocycles. The number of hydrogen-bond acceptors (Lipinski definition) is 4. The smallest absolute Gasteiger partial charge is 0.279 e. The van der Waals surface area contributed by atoms with Gasteiger partial charge in [0.2, 0.25) is 4.80 Å².